The van der Waals surface area contributed by atoms with E-state index in [0.717, 1.165) is 24.2 Å². The monoisotopic (exact) mass is 500 g/mol. The van der Waals surface area contributed by atoms with Crippen molar-refractivity contribution in [3.8, 4) is 11.1 Å². The summed E-state index contributed by atoms with van der Waals surface area (Å²) in [4.78, 5) is 28.2. The Hall–Kier alpha value is -4.12. The molecule has 0 spiro atoms. The van der Waals surface area contributed by atoms with Gasteiger partial charge < -0.3 is 16.9 Å². The minimum atomic E-state index is -0.0743. The molecule has 192 valence electrons. The number of anilines is 1. The number of hydrogen-bond acceptors (Lipinski definition) is 8. The molecule has 0 aromatic carbocycles. The topological polar surface area (TPSA) is 153 Å². The van der Waals surface area contributed by atoms with E-state index in [0.29, 0.717) is 46.6 Å². The predicted octanol–water partition coefficient (Wildman–Crippen LogP) is 2.06. The number of likely N-dealkylation sites (tertiary alicyclic amines) is 1. The molecule has 37 heavy (non-hydrogen) atoms. The highest BCUT2D eigenvalue weighted by atomic mass is 16.2. The Kier molecular flexibility index (Phi) is 6.24. The maximum absolute atomic E-state index is 12.7. The molecule has 2 aliphatic rings. The first-order valence-electron chi connectivity index (χ1n) is 12.2. The second-order valence-electron chi connectivity index (χ2n) is 10.4. The summed E-state index contributed by atoms with van der Waals surface area (Å²) in [6, 6.07) is 5.41. The molecular formula is C26H32N10O. The summed E-state index contributed by atoms with van der Waals surface area (Å²) < 4.78 is 1.73. The molecule has 11 heteroatoms. The number of aliphatic imine (C=N–C) groups is 1. The van der Waals surface area contributed by atoms with Crippen LogP contribution >= 0.6 is 0 Å². The maximum atomic E-state index is 12.7. The van der Waals surface area contributed by atoms with Crippen LogP contribution in [0.5, 0.6) is 0 Å². The molecule has 3 aromatic heterocycles. The molecule has 0 radical (unpaired) electrons. The Morgan fingerprint density at radius 1 is 1.16 bits per heavy atom. The number of aryl methyl sites for hydroxylation is 2. The highest BCUT2D eigenvalue weighted by Crippen LogP contribution is 2.61. The summed E-state index contributed by atoms with van der Waals surface area (Å²) in [6.07, 6.45) is 6.99. The summed E-state index contributed by atoms with van der Waals surface area (Å²) in [7, 11) is 1.86. The smallest absolute Gasteiger partial charge is 0.238 e. The Morgan fingerprint density at radius 3 is 2.54 bits per heavy atom. The molecule has 1 aliphatic heterocycles. The molecule has 3 aromatic rings. The molecule has 1 amide bonds. The largest absolute Gasteiger partial charge is 0.382 e. The fraction of sp³-hybridized carbons (Fsp3) is 0.385. The number of fused-ring (bicyclic) bond motifs is 1. The van der Waals surface area contributed by atoms with Crippen LogP contribution in [0, 0.1) is 24.2 Å². The van der Waals surface area contributed by atoms with E-state index in [1.54, 1.807) is 35.4 Å². The van der Waals surface area contributed by atoms with Gasteiger partial charge in [-0.25, -0.2) is 4.99 Å². The number of nitrogens with zero attached hydrogens (tertiary/aromatic N) is 7. The molecule has 0 bridgehead atoms. The van der Waals surface area contributed by atoms with Crippen molar-refractivity contribution in [2.24, 2.45) is 46.0 Å². The number of rotatable bonds is 7. The van der Waals surface area contributed by atoms with Gasteiger partial charge >= 0.3 is 0 Å². The van der Waals surface area contributed by atoms with Crippen LogP contribution in [0.1, 0.15) is 25.2 Å². The molecule has 2 fully saturated rings. The highest BCUT2D eigenvalue weighted by molar-refractivity contribution is 6.46. The van der Waals surface area contributed by atoms with E-state index >= 15 is 0 Å². The molecule has 5 rings (SSSR count). The zero-order valence-corrected chi connectivity index (χ0v) is 21.5. The number of nitrogens with one attached hydrogen (secondary N) is 1. The SMILES string of the molecule is Cc1ncc(NC(=O)CN2CC3C(C2)C3(C)C)cc1N=C(N)/C(=N/N)c1ccc(-c2cnn(C)c2)cn1. The number of amides is 1. The van der Waals surface area contributed by atoms with Gasteiger partial charge in [0.05, 0.1) is 41.7 Å². The van der Waals surface area contributed by atoms with Gasteiger partial charge in [0.25, 0.3) is 0 Å². The molecule has 2 atom stereocenters. The van der Waals surface area contributed by atoms with Gasteiger partial charge in [0.1, 0.15) is 0 Å². The van der Waals surface area contributed by atoms with Gasteiger partial charge in [-0.15, -0.1) is 0 Å². The summed E-state index contributed by atoms with van der Waals surface area (Å²) in [6.45, 7) is 8.74. The van der Waals surface area contributed by atoms with Gasteiger partial charge in [0.2, 0.25) is 5.91 Å². The number of carbonyl (C=O) groups is 1. The second-order valence-corrected chi connectivity index (χ2v) is 10.4. The molecular weight excluding hydrogens is 468 g/mol. The van der Waals surface area contributed by atoms with Crippen molar-refractivity contribution in [2.75, 3.05) is 25.0 Å². The van der Waals surface area contributed by atoms with Crippen LogP contribution in [0.4, 0.5) is 11.4 Å². The van der Waals surface area contributed by atoms with E-state index in [2.05, 4.69) is 49.2 Å². The van der Waals surface area contributed by atoms with Crippen LogP contribution in [0.25, 0.3) is 11.1 Å². The number of hydrogen-bond donors (Lipinski definition) is 3. The maximum Gasteiger partial charge on any atom is 0.238 e. The van der Waals surface area contributed by atoms with Crippen LogP contribution in [0.15, 0.2) is 53.1 Å². The summed E-state index contributed by atoms with van der Waals surface area (Å²) >= 11 is 0. The number of carbonyl (C=O) groups excluding carboxylic acids is 1. The zero-order chi connectivity index (χ0) is 26.3. The van der Waals surface area contributed by atoms with Crippen molar-refractivity contribution >= 4 is 28.8 Å². The summed E-state index contributed by atoms with van der Waals surface area (Å²) in [5.41, 5.74) is 11.0. The van der Waals surface area contributed by atoms with Crippen molar-refractivity contribution in [1.82, 2.24) is 24.6 Å². The standard InChI is InChI=1S/C26H32N10O/c1-15-22(7-18(10-29-15)32-23(37)14-36-12-19-20(13-36)26(19,2)3)33-25(27)24(34-28)21-6-5-16(8-30-21)17-9-31-35(4)11-17/h5-11,19-20H,12-14,28H2,1-4H3,(H2,27,33)(H,32,37)/b34-24+. The molecule has 5 N–H and O–H groups in total. The number of aromatic nitrogens is 4. The van der Waals surface area contributed by atoms with Crippen molar-refractivity contribution < 1.29 is 4.79 Å². The van der Waals surface area contributed by atoms with Gasteiger partial charge in [-0.05, 0) is 36.3 Å². The lowest BCUT2D eigenvalue weighted by molar-refractivity contribution is -0.117. The van der Waals surface area contributed by atoms with E-state index in [9.17, 15) is 4.79 Å². The van der Waals surface area contributed by atoms with E-state index in [1.807, 2.05) is 26.2 Å². The van der Waals surface area contributed by atoms with E-state index < -0.39 is 0 Å². The Morgan fingerprint density at radius 2 is 1.92 bits per heavy atom. The number of amidine groups is 1. The number of hydrazone groups is 1. The molecule has 11 nitrogen and oxygen atoms in total. The third-order valence-electron chi connectivity index (χ3n) is 7.57. The zero-order valence-electron chi connectivity index (χ0n) is 21.5. The van der Waals surface area contributed by atoms with E-state index in [-0.39, 0.29) is 17.5 Å². The Balaban J connectivity index is 1.26. The van der Waals surface area contributed by atoms with E-state index in [1.165, 1.54) is 0 Å². The lowest BCUT2D eigenvalue weighted by atomic mass is 10.1. The first kappa shape index (κ1) is 24.6. The average Bonchev–Trinajstić information content (AvgIpc) is 3.26. The quantitative estimate of drug-likeness (QED) is 0.194. The molecule has 1 saturated carbocycles. The van der Waals surface area contributed by atoms with E-state index in [4.69, 9.17) is 11.6 Å². The summed E-state index contributed by atoms with van der Waals surface area (Å²) in [5.74, 6) is 7.07. The number of piperidine rings is 1. The van der Waals surface area contributed by atoms with Crippen molar-refractivity contribution in [3.63, 3.8) is 0 Å². The van der Waals surface area contributed by atoms with Gasteiger partial charge in [-0.2, -0.15) is 10.2 Å². The Bertz CT molecular complexity index is 1370. The Labute approximate surface area is 215 Å². The number of nitrogens with two attached hydrogens (primary N) is 2. The van der Waals surface area contributed by atoms with Crippen molar-refractivity contribution in [3.05, 3.63) is 54.4 Å². The lowest BCUT2D eigenvalue weighted by Crippen LogP contribution is -2.34. The minimum Gasteiger partial charge on any atom is -0.382 e. The van der Waals surface area contributed by atoms with Gasteiger partial charge in [0, 0.05) is 43.7 Å². The first-order chi connectivity index (χ1) is 17.7. The molecule has 1 saturated heterocycles. The fourth-order valence-corrected chi connectivity index (χ4v) is 5.17. The molecule has 1 aliphatic carbocycles. The highest BCUT2D eigenvalue weighted by Gasteiger charge is 2.61. The lowest BCUT2D eigenvalue weighted by Gasteiger charge is -2.21. The van der Waals surface area contributed by atoms with Crippen LogP contribution in [0.3, 0.4) is 0 Å². The minimum absolute atomic E-state index is 0.0743. The van der Waals surface area contributed by atoms with Crippen LogP contribution in [-0.2, 0) is 11.8 Å². The van der Waals surface area contributed by atoms with Gasteiger partial charge in [-0.3, -0.25) is 24.3 Å². The average molecular weight is 501 g/mol. The fourth-order valence-electron chi connectivity index (χ4n) is 5.17. The molecule has 4 heterocycles. The molecule has 2 unspecified atom stereocenters. The van der Waals surface area contributed by atoms with Crippen LogP contribution in [0.2, 0.25) is 0 Å². The normalized spacial score (nSPS) is 21.1. The van der Waals surface area contributed by atoms with Crippen LogP contribution in [-0.4, -0.2) is 61.7 Å². The second kappa shape index (κ2) is 9.40. The van der Waals surface area contributed by atoms with Gasteiger partial charge in [0.15, 0.2) is 11.5 Å². The first-order valence-corrected chi connectivity index (χ1v) is 12.2. The third kappa shape index (κ3) is 4.94. The number of pyridine rings is 2. The van der Waals surface area contributed by atoms with Crippen molar-refractivity contribution in [1.29, 1.82) is 0 Å². The van der Waals surface area contributed by atoms with Crippen molar-refractivity contribution in [2.45, 2.75) is 20.8 Å². The third-order valence-corrected chi connectivity index (χ3v) is 7.57. The summed E-state index contributed by atoms with van der Waals surface area (Å²) in [5, 5.41) is 10.9. The predicted molar refractivity (Wildman–Crippen MR) is 143 cm³/mol. The van der Waals surface area contributed by atoms with Crippen LogP contribution < -0.4 is 16.9 Å². The van der Waals surface area contributed by atoms with Gasteiger partial charge in [-0.1, -0.05) is 19.9 Å².